The molecule has 0 bridgehead atoms. The molecule has 2 aliphatic rings. The molecule has 0 spiro atoms. The second-order valence-electron chi connectivity index (χ2n) is 6.02. The van der Waals surface area contributed by atoms with Gasteiger partial charge in [-0.05, 0) is 37.6 Å². The summed E-state index contributed by atoms with van der Waals surface area (Å²) >= 11 is 0. The van der Waals surface area contributed by atoms with Gasteiger partial charge in [-0.25, -0.2) is 0 Å². The SMILES string of the molecule is CC1CCCC(C(C(N)=O)N2CCCNCC2)C1. The van der Waals surface area contributed by atoms with Crippen LogP contribution in [0.5, 0.6) is 0 Å². The fraction of sp³-hybridized carbons (Fsp3) is 0.929. The topological polar surface area (TPSA) is 58.4 Å². The number of rotatable bonds is 3. The van der Waals surface area contributed by atoms with Crippen LogP contribution in [0.15, 0.2) is 0 Å². The molecule has 4 nitrogen and oxygen atoms in total. The van der Waals surface area contributed by atoms with E-state index in [1.165, 1.54) is 19.3 Å². The molecule has 4 heteroatoms. The lowest BCUT2D eigenvalue weighted by atomic mass is 9.78. The van der Waals surface area contributed by atoms with Gasteiger partial charge >= 0.3 is 0 Å². The highest BCUT2D eigenvalue weighted by Crippen LogP contribution is 2.32. The fourth-order valence-corrected chi connectivity index (χ4v) is 3.62. The lowest BCUT2D eigenvalue weighted by Crippen LogP contribution is -2.51. The van der Waals surface area contributed by atoms with Gasteiger partial charge in [0.15, 0.2) is 0 Å². The zero-order valence-electron chi connectivity index (χ0n) is 11.5. The van der Waals surface area contributed by atoms with Crippen LogP contribution in [0.1, 0.15) is 39.0 Å². The molecule has 2 rings (SSSR count). The summed E-state index contributed by atoms with van der Waals surface area (Å²) in [6.07, 6.45) is 6.01. The molecule has 3 atom stereocenters. The van der Waals surface area contributed by atoms with E-state index in [9.17, 15) is 4.79 Å². The first kappa shape index (κ1) is 13.8. The zero-order valence-corrected chi connectivity index (χ0v) is 11.5. The molecule has 3 unspecified atom stereocenters. The van der Waals surface area contributed by atoms with Crippen molar-refractivity contribution in [2.75, 3.05) is 26.2 Å². The van der Waals surface area contributed by atoms with Crippen molar-refractivity contribution in [3.63, 3.8) is 0 Å². The Morgan fingerprint density at radius 1 is 1.28 bits per heavy atom. The van der Waals surface area contributed by atoms with Gasteiger partial charge in [0, 0.05) is 19.6 Å². The molecule has 3 N–H and O–H groups in total. The Morgan fingerprint density at radius 3 is 2.83 bits per heavy atom. The molecular formula is C14H27N3O. The molecule has 1 heterocycles. The van der Waals surface area contributed by atoms with Crippen LogP contribution in [-0.2, 0) is 4.79 Å². The van der Waals surface area contributed by atoms with E-state index in [0.717, 1.165) is 44.9 Å². The normalized spacial score (nSPS) is 32.7. The summed E-state index contributed by atoms with van der Waals surface area (Å²) in [4.78, 5) is 14.2. The lowest BCUT2D eigenvalue weighted by Gasteiger charge is -2.37. The van der Waals surface area contributed by atoms with E-state index in [4.69, 9.17) is 5.73 Å². The highest BCUT2D eigenvalue weighted by Gasteiger charge is 2.34. The van der Waals surface area contributed by atoms with E-state index < -0.39 is 0 Å². The molecule has 0 radical (unpaired) electrons. The Balaban J connectivity index is 2.03. The minimum absolute atomic E-state index is 0.0346. The second kappa shape index (κ2) is 6.53. The molecule has 1 saturated heterocycles. The average molecular weight is 253 g/mol. The van der Waals surface area contributed by atoms with Crippen LogP contribution in [0.3, 0.4) is 0 Å². The first-order valence-corrected chi connectivity index (χ1v) is 7.42. The van der Waals surface area contributed by atoms with Crippen LogP contribution in [0.25, 0.3) is 0 Å². The number of primary amides is 1. The number of amides is 1. The van der Waals surface area contributed by atoms with Crippen molar-refractivity contribution in [3.05, 3.63) is 0 Å². The van der Waals surface area contributed by atoms with Crippen LogP contribution in [0.4, 0.5) is 0 Å². The third kappa shape index (κ3) is 3.45. The van der Waals surface area contributed by atoms with E-state index in [0.29, 0.717) is 5.92 Å². The first-order valence-electron chi connectivity index (χ1n) is 7.42. The number of hydrogen-bond acceptors (Lipinski definition) is 3. The molecule has 0 aromatic heterocycles. The number of nitrogens with one attached hydrogen (secondary N) is 1. The van der Waals surface area contributed by atoms with Gasteiger partial charge in [0.2, 0.25) is 5.91 Å². The van der Waals surface area contributed by atoms with Gasteiger partial charge in [0.25, 0.3) is 0 Å². The third-order valence-corrected chi connectivity index (χ3v) is 4.48. The minimum Gasteiger partial charge on any atom is -0.368 e. The number of carbonyl (C=O) groups is 1. The van der Waals surface area contributed by atoms with Crippen LogP contribution < -0.4 is 11.1 Å². The summed E-state index contributed by atoms with van der Waals surface area (Å²) in [5, 5.41) is 3.39. The fourth-order valence-electron chi connectivity index (χ4n) is 3.62. The Labute approximate surface area is 110 Å². The molecule has 18 heavy (non-hydrogen) atoms. The van der Waals surface area contributed by atoms with Crippen molar-refractivity contribution in [2.24, 2.45) is 17.6 Å². The number of nitrogens with zero attached hydrogens (tertiary/aromatic N) is 1. The van der Waals surface area contributed by atoms with Gasteiger partial charge in [-0.1, -0.05) is 19.8 Å². The van der Waals surface area contributed by atoms with Crippen LogP contribution in [-0.4, -0.2) is 43.0 Å². The predicted molar refractivity (Wildman–Crippen MR) is 73.2 cm³/mol. The molecule has 1 aliphatic heterocycles. The van der Waals surface area contributed by atoms with Crippen molar-refractivity contribution in [3.8, 4) is 0 Å². The van der Waals surface area contributed by atoms with E-state index in [1.54, 1.807) is 0 Å². The molecule has 0 aromatic rings. The van der Waals surface area contributed by atoms with Crippen LogP contribution >= 0.6 is 0 Å². The standard InChI is InChI=1S/C14H27N3O/c1-11-4-2-5-12(10-11)13(14(15)18)17-8-3-6-16-7-9-17/h11-13,16H,2-10H2,1H3,(H2,15,18). The Morgan fingerprint density at radius 2 is 2.11 bits per heavy atom. The number of nitrogens with two attached hydrogens (primary N) is 1. The van der Waals surface area contributed by atoms with Crippen molar-refractivity contribution < 1.29 is 4.79 Å². The summed E-state index contributed by atoms with van der Waals surface area (Å²) in [5.41, 5.74) is 5.69. The number of carbonyl (C=O) groups excluding carboxylic acids is 1. The van der Waals surface area contributed by atoms with Crippen LogP contribution in [0, 0.1) is 11.8 Å². The van der Waals surface area contributed by atoms with E-state index in [-0.39, 0.29) is 11.9 Å². The summed E-state index contributed by atoms with van der Waals surface area (Å²) in [6.45, 7) is 6.30. The van der Waals surface area contributed by atoms with Crippen LogP contribution in [0.2, 0.25) is 0 Å². The van der Waals surface area contributed by atoms with Crippen molar-refractivity contribution >= 4 is 5.91 Å². The van der Waals surface area contributed by atoms with Crippen molar-refractivity contribution in [1.82, 2.24) is 10.2 Å². The average Bonchev–Trinajstić information content (AvgIpc) is 2.58. The van der Waals surface area contributed by atoms with Gasteiger partial charge in [-0.15, -0.1) is 0 Å². The van der Waals surface area contributed by atoms with Gasteiger partial charge in [0.05, 0.1) is 6.04 Å². The monoisotopic (exact) mass is 253 g/mol. The maximum Gasteiger partial charge on any atom is 0.235 e. The summed E-state index contributed by atoms with van der Waals surface area (Å²) in [7, 11) is 0. The van der Waals surface area contributed by atoms with E-state index >= 15 is 0 Å². The molecular weight excluding hydrogens is 226 g/mol. The molecule has 2 fully saturated rings. The summed E-state index contributed by atoms with van der Waals surface area (Å²) in [5.74, 6) is 1.11. The minimum atomic E-state index is -0.115. The summed E-state index contributed by atoms with van der Waals surface area (Å²) < 4.78 is 0. The molecule has 104 valence electrons. The molecule has 1 amide bonds. The third-order valence-electron chi connectivity index (χ3n) is 4.48. The highest BCUT2D eigenvalue weighted by molar-refractivity contribution is 5.80. The largest absolute Gasteiger partial charge is 0.368 e. The number of hydrogen-bond donors (Lipinski definition) is 2. The lowest BCUT2D eigenvalue weighted by molar-refractivity contribution is -0.125. The first-order chi connectivity index (χ1) is 8.68. The Kier molecular flexibility index (Phi) is 5.01. The smallest absolute Gasteiger partial charge is 0.235 e. The second-order valence-corrected chi connectivity index (χ2v) is 6.02. The zero-order chi connectivity index (χ0) is 13.0. The van der Waals surface area contributed by atoms with Gasteiger partial charge < -0.3 is 11.1 Å². The van der Waals surface area contributed by atoms with Gasteiger partial charge in [-0.2, -0.15) is 0 Å². The summed E-state index contributed by atoms with van der Waals surface area (Å²) in [6, 6.07) is -0.0346. The van der Waals surface area contributed by atoms with E-state index in [1.807, 2.05) is 0 Å². The predicted octanol–water partition coefficient (Wildman–Crippen LogP) is 0.962. The van der Waals surface area contributed by atoms with Gasteiger partial charge in [0.1, 0.15) is 0 Å². The highest BCUT2D eigenvalue weighted by atomic mass is 16.1. The Hall–Kier alpha value is -0.610. The molecule has 0 aromatic carbocycles. The van der Waals surface area contributed by atoms with Gasteiger partial charge in [-0.3, -0.25) is 9.69 Å². The van der Waals surface area contributed by atoms with E-state index in [2.05, 4.69) is 17.1 Å². The maximum atomic E-state index is 11.9. The molecule has 1 aliphatic carbocycles. The quantitative estimate of drug-likeness (QED) is 0.788. The van der Waals surface area contributed by atoms with Crippen molar-refractivity contribution in [2.45, 2.75) is 45.1 Å². The maximum absolute atomic E-state index is 11.9. The Bertz CT molecular complexity index is 272. The molecule has 1 saturated carbocycles. The van der Waals surface area contributed by atoms with Crippen molar-refractivity contribution in [1.29, 1.82) is 0 Å².